The average Bonchev–Trinajstić information content (AvgIpc) is 2.96. The zero-order valence-corrected chi connectivity index (χ0v) is 24.6. The summed E-state index contributed by atoms with van der Waals surface area (Å²) in [6.45, 7) is 15.1. The van der Waals surface area contributed by atoms with E-state index < -0.39 is 5.97 Å². The van der Waals surface area contributed by atoms with Crippen molar-refractivity contribution in [2.75, 3.05) is 52.4 Å². The molecule has 2 saturated heterocycles. The lowest BCUT2D eigenvalue weighted by atomic mass is 9.92. The third kappa shape index (κ3) is 8.18. The fourth-order valence-corrected chi connectivity index (χ4v) is 6.26. The minimum absolute atomic E-state index is 0.0554. The van der Waals surface area contributed by atoms with E-state index in [1.807, 2.05) is 41.3 Å². The van der Waals surface area contributed by atoms with Crippen molar-refractivity contribution in [3.8, 4) is 5.75 Å². The van der Waals surface area contributed by atoms with Crippen LogP contribution in [0.15, 0.2) is 61.2 Å². The van der Waals surface area contributed by atoms with Crippen LogP contribution in [0.1, 0.15) is 67.1 Å². The molecule has 0 aromatic heterocycles. The third-order valence-corrected chi connectivity index (χ3v) is 8.52. The van der Waals surface area contributed by atoms with Crippen molar-refractivity contribution < 1.29 is 19.8 Å². The summed E-state index contributed by atoms with van der Waals surface area (Å²) in [6, 6.07) is 16.1. The number of unbranched alkanes of at least 4 members (excludes halogenated alkanes) is 2. The summed E-state index contributed by atoms with van der Waals surface area (Å²) in [5.74, 6) is -0.435. The van der Waals surface area contributed by atoms with Crippen molar-refractivity contribution in [3.05, 3.63) is 77.9 Å². The van der Waals surface area contributed by atoms with E-state index in [1.54, 1.807) is 6.07 Å². The number of amides is 1. The van der Waals surface area contributed by atoms with E-state index in [9.17, 15) is 14.7 Å². The van der Waals surface area contributed by atoms with Gasteiger partial charge in [-0.25, -0.2) is 0 Å². The number of piperazine rings is 2. The number of phenols is 1. The van der Waals surface area contributed by atoms with Crippen LogP contribution >= 0.6 is 0 Å². The van der Waals surface area contributed by atoms with Gasteiger partial charge in [-0.05, 0) is 68.6 Å². The number of carboxylic acid groups (broad SMARTS) is 1. The maximum atomic E-state index is 13.6. The Morgan fingerprint density at radius 3 is 2.34 bits per heavy atom. The molecule has 3 atom stereocenters. The molecule has 0 saturated carbocycles. The van der Waals surface area contributed by atoms with Crippen molar-refractivity contribution in [1.29, 1.82) is 0 Å². The number of hydrogen-bond donors (Lipinski definition) is 2. The Bertz CT molecular complexity index is 1180. The van der Waals surface area contributed by atoms with Gasteiger partial charge in [-0.2, -0.15) is 0 Å². The molecule has 2 heterocycles. The van der Waals surface area contributed by atoms with Crippen molar-refractivity contribution in [2.45, 2.75) is 57.7 Å². The minimum Gasteiger partial charge on any atom is -0.508 e. The van der Waals surface area contributed by atoms with Crippen LogP contribution in [0, 0.1) is 0 Å². The first-order chi connectivity index (χ1) is 19.8. The lowest BCUT2D eigenvalue weighted by molar-refractivity contribution is -0.137. The van der Waals surface area contributed by atoms with Gasteiger partial charge >= 0.3 is 5.97 Å². The molecule has 0 spiro atoms. The number of phenolic OH excluding ortho intramolecular Hbond substituents is 1. The molecule has 1 amide bonds. The summed E-state index contributed by atoms with van der Waals surface area (Å²) in [5.41, 5.74) is 2.77. The molecule has 2 aliphatic heterocycles. The van der Waals surface area contributed by atoms with Crippen LogP contribution in [0.5, 0.6) is 5.75 Å². The van der Waals surface area contributed by atoms with E-state index in [4.69, 9.17) is 5.11 Å². The first kappa shape index (κ1) is 30.8. The number of carbonyl (C=O) groups excluding carboxylic acids is 1. The second kappa shape index (κ2) is 14.6. The van der Waals surface area contributed by atoms with Crippen LogP contribution in [0.25, 0.3) is 0 Å². The molecule has 0 aliphatic carbocycles. The molecule has 2 fully saturated rings. The van der Waals surface area contributed by atoms with Gasteiger partial charge in [0.25, 0.3) is 5.91 Å². The predicted octanol–water partition coefficient (Wildman–Crippen LogP) is 4.47. The maximum Gasteiger partial charge on any atom is 0.303 e. The standard InChI is InChI=1S/C33H46N4O4/c1-4-15-36-23-26(3)37(24-25(36)2)32(28-11-9-13-30(38)22-28)27-10-8-12-29(21-27)33(41)35-19-17-34(18-20-35)16-7-5-6-14-31(39)40/h4,8-13,21-22,25-26,32,38H,1,5-7,14-20,23-24H2,2-3H3,(H,39,40)/t25-,26+,32-/m1/s1. The third-order valence-electron chi connectivity index (χ3n) is 8.52. The SMILES string of the molecule is C=CCN1C[C@H](C)N([C@@H](c2cccc(O)c2)c2cccc(C(=O)N3CCN(CCCCCC(=O)O)CC3)c2)C[C@H]1C. The summed E-state index contributed by atoms with van der Waals surface area (Å²) < 4.78 is 0. The first-order valence-electron chi connectivity index (χ1n) is 15.0. The van der Waals surface area contributed by atoms with E-state index in [1.165, 1.54) is 0 Å². The van der Waals surface area contributed by atoms with Crippen LogP contribution in [-0.2, 0) is 4.79 Å². The normalized spacial score (nSPS) is 21.5. The van der Waals surface area contributed by atoms with Gasteiger partial charge in [0.05, 0.1) is 6.04 Å². The molecule has 8 heteroatoms. The Kier molecular flexibility index (Phi) is 11.0. The fourth-order valence-electron chi connectivity index (χ4n) is 6.26. The second-order valence-electron chi connectivity index (χ2n) is 11.6. The van der Waals surface area contributed by atoms with E-state index in [2.05, 4.69) is 47.3 Å². The zero-order chi connectivity index (χ0) is 29.4. The fraction of sp³-hybridized carbons (Fsp3) is 0.515. The molecule has 2 aromatic carbocycles. The molecule has 0 bridgehead atoms. The van der Waals surface area contributed by atoms with E-state index in [0.29, 0.717) is 24.7 Å². The number of carbonyl (C=O) groups is 2. The highest BCUT2D eigenvalue weighted by Crippen LogP contribution is 2.35. The van der Waals surface area contributed by atoms with Gasteiger partial charge in [-0.1, -0.05) is 36.8 Å². The highest BCUT2D eigenvalue weighted by atomic mass is 16.4. The number of carboxylic acids is 1. The lowest BCUT2D eigenvalue weighted by Gasteiger charge is -2.47. The van der Waals surface area contributed by atoms with Crippen molar-refractivity contribution in [1.82, 2.24) is 19.6 Å². The average molecular weight is 563 g/mol. The van der Waals surface area contributed by atoms with E-state index in [0.717, 1.165) is 69.7 Å². The van der Waals surface area contributed by atoms with Crippen LogP contribution in [0.3, 0.4) is 0 Å². The Balaban J connectivity index is 1.46. The summed E-state index contributed by atoms with van der Waals surface area (Å²) in [5, 5.41) is 19.2. The summed E-state index contributed by atoms with van der Waals surface area (Å²) in [7, 11) is 0. The number of aromatic hydroxyl groups is 1. The van der Waals surface area contributed by atoms with Crippen molar-refractivity contribution in [2.24, 2.45) is 0 Å². The molecule has 0 radical (unpaired) electrons. The topological polar surface area (TPSA) is 87.6 Å². The molecule has 8 nitrogen and oxygen atoms in total. The highest BCUT2D eigenvalue weighted by molar-refractivity contribution is 5.94. The number of rotatable bonds is 12. The van der Waals surface area contributed by atoms with Gasteiger partial charge in [-0.3, -0.25) is 24.3 Å². The second-order valence-corrected chi connectivity index (χ2v) is 11.6. The summed E-state index contributed by atoms with van der Waals surface area (Å²) in [4.78, 5) is 33.6. The van der Waals surface area contributed by atoms with E-state index in [-0.39, 0.29) is 30.2 Å². The zero-order valence-electron chi connectivity index (χ0n) is 24.6. The van der Waals surface area contributed by atoms with Crippen LogP contribution in [-0.4, -0.2) is 106 Å². The van der Waals surface area contributed by atoms with Gasteiger partial charge in [0.2, 0.25) is 0 Å². The monoisotopic (exact) mass is 562 g/mol. The maximum absolute atomic E-state index is 13.6. The largest absolute Gasteiger partial charge is 0.508 e. The Hall–Kier alpha value is -3.20. The minimum atomic E-state index is -0.732. The Labute approximate surface area is 244 Å². The number of aliphatic carboxylic acids is 1. The van der Waals surface area contributed by atoms with Gasteiger partial charge < -0.3 is 15.1 Å². The number of nitrogens with zero attached hydrogens (tertiary/aromatic N) is 4. The van der Waals surface area contributed by atoms with Crippen LogP contribution in [0.4, 0.5) is 0 Å². The molecule has 4 rings (SSSR count). The van der Waals surface area contributed by atoms with Gasteiger partial charge in [-0.15, -0.1) is 6.58 Å². The lowest BCUT2D eigenvalue weighted by Crippen LogP contribution is -2.57. The number of benzene rings is 2. The van der Waals surface area contributed by atoms with E-state index >= 15 is 0 Å². The number of hydrogen-bond acceptors (Lipinski definition) is 6. The highest BCUT2D eigenvalue weighted by Gasteiger charge is 2.35. The van der Waals surface area contributed by atoms with Gasteiger partial charge in [0.1, 0.15) is 5.75 Å². The summed E-state index contributed by atoms with van der Waals surface area (Å²) in [6.07, 6.45) is 4.81. The Morgan fingerprint density at radius 2 is 1.66 bits per heavy atom. The smallest absolute Gasteiger partial charge is 0.303 e. The molecular weight excluding hydrogens is 516 g/mol. The van der Waals surface area contributed by atoms with Gasteiger partial charge in [0, 0.05) is 69.9 Å². The van der Waals surface area contributed by atoms with Crippen LogP contribution in [0.2, 0.25) is 0 Å². The van der Waals surface area contributed by atoms with Crippen molar-refractivity contribution in [3.63, 3.8) is 0 Å². The van der Waals surface area contributed by atoms with Gasteiger partial charge in [0.15, 0.2) is 0 Å². The quantitative estimate of drug-likeness (QED) is 0.292. The molecule has 2 aromatic rings. The molecule has 41 heavy (non-hydrogen) atoms. The molecule has 0 unspecified atom stereocenters. The van der Waals surface area contributed by atoms with Crippen LogP contribution < -0.4 is 0 Å². The summed E-state index contributed by atoms with van der Waals surface area (Å²) >= 11 is 0. The Morgan fingerprint density at radius 1 is 0.951 bits per heavy atom. The molecule has 2 aliphatic rings. The first-order valence-corrected chi connectivity index (χ1v) is 15.0. The predicted molar refractivity (Wildman–Crippen MR) is 162 cm³/mol. The molecule has 222 valence electrons. The molecule has 2 N–H and O–H groups in total. The molecular formula is C33H46N4O4. The van der Waals surface area contributed by atoms with Crippen molar-refractivity contribution >= 4 is 11.9 Å².